The zero-order valence-electron chi connectivity index (χ0n) is 19.1. The molecule has 1 aliphatic heterocycles. The minimum absolute atomic E-state index is 0.183. The van der Waals surface area contributed by atoms with Gasteiger partial charge in [0.25, 0.3) is 5.91 Å². The summed E-state index contributed by atoms with van der Waals surface area (Å²) in [6.07, 6.45) is 1.81. The molecule has 33 heavy (non-hydrogen) atoms. The van der Waals surface area contributed by atoms with Gasteiger partial charge in [0.2, 0.25) is 0 Å². The fourth-order valence-corrected chi connectivity index (χ4v) is 4.65. The van der Waals surface area contributed by atoms with E-state index in [1.807, 2.05) is 0 Å². The van der Waals surface area contributed by atoms with Crippen LogP contribution in [0.1, 0.15) is 48.2 Å². The first-order valence-corrected chi connectivity index (χ1v) is 11.5. The third kappa shape index (κ3) is 6.03. The number of carbonyl (C=O) groups excluding carboxylic acids is 1. The highest BCUT2D eigenvalue weighted by Crippen LogP contribution is 2.41. The molecule has 1 fully saturated rings. The normalized spacial score (nSPS) is 20.5. The summed E-state index contributed by atoms with van der Waals surface area (Å²) in [5.41, 5.74) is 5.76. The maximum atomic E-state index is 13.2. The summed E-state index contributed by atoms with van der Waals surface area (Å²) in [4.78, 5) is 14.0. The van der Waals surface area contributed by atoms with E-state index in [0.29, 0.717) is 43.7 Å². The molecule has 1 unspecified atom stereocenters. The first-order chi connectivity index (χ1) is 15.5. The Kier molecular flexibility index (Phi) is 8.00. The molecule has 1 atom stereocenters. The molecule has 0 saturated carbocycles. The van der Waals surface area contributed by atoms with Gasteiger partial charge in [-0.1, -0.05) is 37.6 Å². The van der Waals surface area contributed by atoms with Gasteiger partial charge < -0.3 is 25.6 Å². The summed E-state index contributed by atoms with van der Waals surface area (Å²) >= 11 is 6.05. The molecule has 2 aromatic carbocycles. The SMILES string of the molecule is CC1(C)CN(CCCOc2cc(CO)c(Cl)cc2C(N)=O)CCC1(O)Cc1ccc(F)cc1. The third-order valence-electron chi connectivity index (χ3n) is 6.59. The highest BCUT2D eigenvalue weighted by atomic mass is 35.5. The highest BCUT2D eigenvalue weighted by Gasteiger charge is 2.47. The summed E-state index contributed by atoms with van der Waals surface area (Å²) in [6.45, 7) is 6.44. The predicted molar refractivity (Wildman–Crippen MR) is 126 cm³/mol. The van der Waals surface area contributed by atoms with E-state index in [1.54, 1.807) is 18.2 Å². The van der Waals surface area contributed by atoms with Crippen molar-refractivity contribution >= 4 is 17.5 Å². The first kappa shape index (κ1) is 25.4. The van der Waals surface area contributed by atoms with Crippen molar-refractivity contribution < 1.29 is 24.1 Å². The first-order valence-electron chi connectivity index (χ1n) is 11.1. The second-order valence-corrected chi connectivity index (χ2v) is 9.82. The number of amides is 1. The Bertz CT molecular complexity index is 983. The molecule has 0 bridgehead atoms. The number of hydrogen-bond acceptors (Lipinski definition) is 5. The van der Waals surface area contributed by atoms with Crippen LogP contribution in [0.3, 0.4) is 0 Å². The molecule has 3 rings (SSSR count). The lowest BCUT2D eigenvalue weighted by molar-refractivity contribution is -0.118. The lowest BCUT2D eigenvalue weighted by atomic mass is 9.67. The third-order valence-corrected chi connectivity index (χ3v) is 6.94. The molecule has 1 aliphatic rings. The molecule has 1 amide bonds. The van der Waals surface area contributed by atoms with Crippen LogP contribution in [0.5, 0.6) is 5.75 Å². The lowest BCUT2D eigenvalue weighted by Crippen LogP contribution is -2.58. The van der Waals surface area contributed by atoms with Crippen molar-refractivity contribution in [1.82, 2.24) is 4.90 Å². The van der Waals surface area contributed by atoms with E-state index < -0.39 is 11.5 Å². The van der Waals surface area contributed by atoms with Gasteiger partial charge in [-0.05, 0) is 48.2 Å². The number of rotatable bonds is 9. The van der Waals surface area contributed by atoms with E-state index in [9.17, 15) is 19.4 Å². The Hall–Kier alpha value is -2.19. The van der Waals surface area contributed by atoms with Crippen molar-refractivity contribution in [2.24, 2.45) is 11.1 Å². The minimum Gasteiger partial charge on any atom is -0.493 e. The number of halogens is 2. The van der Waals surface area contributed by atoms with E-state index in [2.05, 4.69) is 18.7 Å². The van der Waals surface area contributed by atoms with Crippen molar-refractivity contribution in [3.8, 4) is 5.75 Å². The van der Waals surface area contributed by atoms with Gasteiger partial charge in [0, 0.05) is 36.5 Å². The number of piperidine rings is 1. The monoisotopic (exact) mass is 478 g/mol. The molecule has 1 saturated heterocycles. The molecular formula is C25H32ClFN2O4. The quantitative estimate of drug-likeness (QED) is 0.479. The molecule has 180 valence electrons. The Labute approximate surface area is 199 Å². The summed E-state index contributed by atoms with van der Waals surface area (Å²) in [7, 11) is 0. The van der Waals surface area contributed by atoms with E-state index >= 15 is 0 Å². The van der Waals surface area contributed by atoms with Crippen molar-refractivity contribution in [3.63, 3.8) is 0 Å². The summed E-state index contributed by atoms with van der Waals surface area (Å²) < 4.78 is 19.0. The predicted octanol–water partition coefficient (Wildman–Crippen LogP) is 3.54. The number of aliphatic hydroxyl groups excluding tert-OH is 1. The van der Waals surface area contributed by atoms with Gasteiger partial charge >= 0.3 is 0 Å². The zero-order chi connectivity index (χ0) is 24.2. The van der Waals surface area contributed by atoms with E-state index in [-0.39, 0.29) is 28.4 Å². The van der Waals surface area contributed by atoms with Gasteiger partial charge in [0.15, 0.2) is 0 Å². The Morgan fingerprint density at radius 2 is 1.97 bits per heavy atom. The number of hydrogen-bond donors (Lipinski definition) is 3. The molecule has 0 aliphatic carbocycles. The second-order valence-electron chi connectivity index (χ2n) is 9.41. The number of likely N-dealkylation sites (tertiary alicyclic amines) is 1. The Morgan fingerprint density at radius 1 is 1.27 bits per heavy atom. The van der Waals surface area contributed by atoms with E-state index in [0.717, 1.165) is 18.7 Å². The van der Waals surface area contributed by atoms with Gasteiger partial charge in [0.05, 0.1) is 24.4 Å². The van der Waals surface area contributed by atoms with Crippen LogP contribution in [-0.2, 0) is 13.0 Å². The van der Waals surface area contributed by atoms with Gasteiger partial charge in [-0.2, -0.15) is 0 Å². The lowest BCUT2D eigenvalue weighted by Gasteiger charge is -2.50. The fraction of sp³-hybridized carbons (Fsp3) is 0.480. The maximum absolute atomic E-state index is 13.2. The standard InChI is InChI=1S/C25H32ClFN2O4/c1-24(2)16-29(10-8-25(24,32)14-17-4-6-19(27)7-5-17)9-3-11-33-22-12-18(15-30)21(26)13-20(22)23(28)31/h4-7,12-13,30,32H,3,8-11,14-16H2,1-2H3,(H2,28,31). The van der Waals surface area contributed by atoms with Crippen molar-refractivity contribution in [2.45, 2.75) is 45.3 Å². The number of primary amides is 1. The molecule has 0 spiro atoms. The Balaban J connectivity index is 1.55. The summed E-state index contributed by atoms with van der Waals surface area (Å²) in [5, 5.41) is 21.1. The summed E-state index contributed by atoms with van der Waals surface area (Å²) in [5.74, 6) is -0.616. The van der Waals surface area contributed by atoms with Crippen LogP contribution in [-0.4, -0.2) is 52.9 Å². The molecule has 6 nitrogen and oxygen atoms in total. The molecular weight excluding hydrogens is 447 g/mol. The molecule has 4 N–H and O–H groups in total. The molecule has 8 heteroatoms. The van der Waals surface area contributed by atoms with Crippen LogP contribution < -0.4 is 10.5 Å². The van der Waals surface area contributed by atoms with E-state index in [4.69, 9.17) is 22.1 Å². The molecule has 2 aromatic rings. The van der Waals surface area contributed by atoms with E-state index in [1.165, 1.54) is 18.2 Å². The number of benzene rings is 2. The highest BCUT2D eigenvalue weighted by molar-refractivity contribution is 6.31. The van der Waals surface area contributed by atoms with Crippen LogP contribution >= 0.6 is 11.6 Å². The van der Waals surface area contributed by atoms with Crippen LogP contribution in [0.2, 0.25) is 5.02 Å². The number of nitrogens with two attached hydrogens (primary N) is 1. The van der Waals surface area contributed by atoms with Gasteiger partial charge in [-0.3, -0.25) is 4.79 Å². The molecule has 0 aromatic heterocycles. The average Bonchev–Trinajstić information content (AvgIpc) is 2.76. The second kappa shape index (κ2) is 10.4. The van der Waals surface area contributed by atoms with Crippen LogP contribution in [0.4, 0.5) is 4.39 Å². The van der Waals surface area contributed by atoms with Gasteiger partial charge in [0.1, 0.15) is 11.6 Å². The number of carbonyl (C=O) groups is 1. The van der Waals surface area contributed by atoms with Crippen molar-refractivity contribution in [3.05, 3.63) is 63.9 Å². The molecule has 0 radical (unpaired) electrons. The van der Waals surface area contributed by atoms with Gasteiger partial charge in [-0.25, -0.2) is 4.39 Å². The minimum atomic E-state index is -0.877. The zero-order valence-corrected chi connectivity index (χ0v) is 19.9. The van der Waals surface area contributed by atoms with Crippen LogP contribution in [0.25, 0.3) is 0 Å². The number of ether oxygens (including phenoxy) is 1. The summed E-state index contributed by atoms with van der Waals surface area (Å²) in [6, 6.07) is 9.27. The Morgan fingerprint density at radius 3 is 2.58 bits per heavy atom. The van der Waals surface area contributed by atoms with Crippen molar-refractivity contribution in [2.75, 3.05) is 26.2 Å². The average molecular weight is 479 g/mol. The maximum Gasteiger partial charge on any atom is 0.252 e. The van der Waals surface area contributed by atoms with Crippen LogP contribution in [0.15, 0.2) is 36.4 Å². The molecule has 1 heterocycles. The van der Waals surface area contributed by atoms with Crippen molar-refractivity contribution in [1.29, 1.82) is 0 Å². The van der Waals surface area contributed by atoms with Gasteiger partial charge in [-0.15, -0.1) is 0 Å². The van der Waals surface area contributed by atoms with Crippen LogP contribution in [0, 0.1) is 11.2 Å². The topological polar surface area (TPSA) is 96.0 Å². The number of aliphatic hydroxyl groups is 2. The number of nitrogens with zero attached hydrogens (tertiary/aromatic N) is 1. The largest absolute Gasteiger partial charge is 0.493 e. The fourth-order valence-electron chi connectivity index (χ4n) is 4.42. The smallest absolute Gasteiger partial charge is 0.252 e.